The minimum atomic E-state index is -0.281. The molecule has 8 heteroatoms. The fraction of sp³-hybridized carbons (Fsp3) is 0.444. The van der Waals surface area contributed by atoms with E-state index in [0.717, 1.165) is 35.0 Å². The third-order valence-corrected chi connectivity index (χ3v) is 5.02. The van der Waals surface area contributed by atoms with E-state index in [0.29, 0.717) is 24.8 Å². The minimum absolute atomic E-state index is 0.191. The molecule has 1 amide bonds. The Labute approximate surface area is 150 Å². The molecule has 1 aliphatic heterocycles. The van der Waals surface area contributed by atoms with E-state index in [9.17, 15) is 4.79 Å². The Bertz CT molecular complexity index is 953. The van der Waals surface area contributed by atoms with Crippen LogP contribution in [0.4, 0.5) is 4.79 Å². The van der Waals surface area contributed by atoms with Gasteiger partial charge in [0.2, 0.25) is 0 Å². The number of hydrogen-bond donors (Lipinski definition) is 0. The molecule has 136 valence electrons. The zero-order chi connectivity index (χ0) is 18.3. The highest BCUT2D eigenvalue weighted by Crippen LogP contribution is 2.29. The number of carbonyl (C=O) groups excluding carboxylic acids is 1. The summed E-state index contributed by atoms with van der Waals surface area (Å²) >= 11 is 0. The van der Waals surface area contributed by atoms with Crippen LogP contribution in [0.2, 0.25) is 0 Å². The molecule has 0 atom stereocenters. The molecule has 1 aromatic carbocycles. The van der Waals surface area contributed by atoms with Crippen LogP contribution >= 0.6 is 0 Å². The van der Waals surface area contributed by atoms with Gasteiger partial charge >= 0.3 is 6.09 Å². The Kier molecular flexibility index (Phi) is 4.10. The number of fused-ring (bicyclic) bond motifs is 1. The van der Waals surface area contributed by atoms with E-state index in [-0.39, 0.29) is 12.0 Å². The lowest BCUT2D eigenvalue weighted by Crippen LogP contribution is -2.37. The van der Waals surface area contributed by atoms with Gasteiger partial charge < -0.3 is 14.2 Å². The highest BCUT2D eigenvalue weighted by Gasteiger charge is 2.27. The van der Waals surface area contributed by atoms with Gasteiger partial charge in [0.1, 0.15) is 0 Å². The lowest BCUT2D eigenvalue weighted by Gasteiger charge is -2.29. The first-order chi connectivity index (χ1) is 12.6. The molecule has 2 aromatic heterocycles. The van der Waals surface area contributed by atoms with Crippen molar-refractivity contribution in [3.05, 3.63) is 29.7 Å². The topological polar surface area (TPSA) is 86.3 Å². The second kappa shape index (κ2) is 6.44. The van der Waals surface area contributed by atoms with Crippen molar-refractivity contribution in [2.24, 2.45) is 7.05 Å². The second-order valence-corrected chi connectivity index (χ2v) is 6.63. The van der Waals surface area contributed by atoms with Crippen LogP contribution in [0.1, 0.15) is 30.3 Å². The first-order valence-electron chi connectivity index (χ1n) is 8.67. The summed E-state index contributed by atoms with van der Waals surface area (Å²) in [5.74, 6) is 1.40. The molecule has 3 heterocycles. The van der Waals surface area contributed by atoms with Crippen molar-refractivity contribution in [3.8, 4) is 11.5 Å². The zero-order valence-electron chi connectivity index (χ0n) is 15.1. The molecular formula is C18H21N5O3. The molecule has 0 spiro atoms. The van der Waals surface area contributed by atoms with Crippen LogP contribution in [0, 0.1) is 6.92 Å². The molecule has 0 radical (unpaired) electrons. The summed E-state index contributed by atoms with van der Waals surface area (Å²) in [7, 11) is 3.33. The van der Waals surface area contributed by atoms with Gasteiger partial charge in [-0.25, -0.2) is 4.79 Å². The van der Waals surface area contributed by atoms with Gasteiger partial charge in [-0.05, 0) is 31.9 Å². The molecular weight excluding hydrogens is 334 g/mol. The number of piperidine rings is 1. The number of rotatable bonds is 2. The third-order valence-electron chi connectivity index (χ3n) is 5.02. The Balaban J connectivity index is 1.53. The number of methoxy groups -OCH3 is 1. The van der Waals surface area contributed by atoms with E-state index in [2.05, 4.69) is 15.2 Å². The van der Waals surface area contributed by atoms with Crippen molar-refractivity contribution in [2.45, 2.75) is 25.7 Å². The maximum absolute atomic E-state index is 11.6. The van der Waals surface area contributed by atoms with E-state index in [4.69, 9.17) is 9.26 Å². The molecule has 8 nitrogen and oxygen atoms in total. The van der Waals surface area contributed by atoms with E-state index in [1.54, 1.807) is 4.90 Å². The van der Waals surface area contributed by atoms with Crippen LogP contribution in [0.25, 0.3) is 22.4 Å². The average molecular weight is 355 g/mol. The van der Waals surface area contributed by atoms with Crippen LogP contribution in [-0.4, -0.2) is 51.1 Å². The molecule has 0 aliphatic carbocycles. The number of aryl methyl sites for hydroxylation is 2. The zero-order valence-corrected chi connectivity index (χ0v) is 15.1. The Morgan fingerprint density at radius 1 is 1.31 bits per heavy atom. The van der Waals surface area contributed by atoms with Gasteiger partial charge in [0.15, 0.2) is 5.82 Å². The first-order valence-corrected chi connectivity index (χ1v) is 8.67. The molecule has 26 heavy (non-hydrogen) atoms. The van der Waals surface area contributed by atoms with Crippen molar-refractivity contribution in [1.82, 2.24) is 24.8 Å². The van der Waals surface area contributed by atoms with Crippen LogP contribution in [0.5, 0.6) is 0 Å². The molecule has 4 rings (SSSR count). The molecule has 1 saturated heterocycles. The molecule has 0 saturated carbocycles. The first kappa shape index (κ1) is 16.6. The number of benzene rings is 1. The van der Waals surface area contributed by atoms with Gasteiger partial charge in [0, 0.05) is 37.0 Å². The van der Waals surface area contributed by atoms with E-state index in [1.165, 1.54) is 7.11 Å². The number of nitrogens with zero attached hydrogens (tertiary/aromatic N) is 5. The van der Waals surface area contributed by atoms with Gasteiger partial charge in [0.05, 0.1) is 18.3 Å². The van der Waals surface area contributed by atoms with Crippen molar-refractivity contribution >= 4 is 17.0 Å². The fourth-order valence-electron chi connectivity index (χ4n) is 3.54. The molecule has 0 N–H and O–H groups in total. The lowest BCUT2D eigenvalue weighted by atomic mass is 9.96. The lowest BCUT2D eigenvalue weighted by molar-refractivity contribution is 0.111. The van der Waals surface area contributed by atoms with Crippen LogP contribution in [0.3, 0.4) is 0 Å². The van der Waals surface area contributed by atoms with E-state index in [1.807, 2.05) is 36.9 Å². The summed E-state index contributed by atoms with van der Waals surface area (Å²) in [6.07, 6.45) is 1.32. The Morgan fingerprint density at radius 3 is 2.81 bits per heavy atom. The summed E-state index contributed by atoms with van der Waals surface area (Å²) in [4.78, 5) is 17.9. The number of hydrogen-bond acceptors (Lipinski definition) is 6. The summed E-state index contributed by atoms with van der Waals surface area (Å²) in [6.45, 7) is 3.27. The highest BCUT2D eigenvalue weighted by molar-refractivity contribution is 5.85. The molecule has 1 fully saturated rings. The monoisotopic (exact) mass is 355 g/mol. The Morgan fingerprint density at radius 2 is 2.08 bits per heavy atom. The minimum Gasteiger partial charge on any atom is -0.453 e. The molecule has 1 aliphatic rings. The van der Waals surface area contributed by atoms with E-state index >= 15 is 0 Å². The van der Waals surface area contributed by atoms with Gasteiger partial charge in [-0.2, -0.15) is 10.1 Å². The fourth-order valence-corrected chi connectivity index (χ4v) is 3.54. The summed E-state index contributed by atoms with van der Waals surface area (Å²) < 4.78 is 12.1. The molecule has 3 aromatic rings. The number of aromatic nitrogens is 4. The summed E-state index contributed by atoms with van der Waals surface area (Å²) in [5, 5.41) is 9.73. The molecule has 0 bridgehead atoms. The standard InChI is InChI=1S/C18H21N5O3/c1-11-14-5-4-13(10-15(14)22(2)20-11)17-19-16(21-26-17)12-6-8-23(9-7-12)18(24)25-3/h4-5,10,12H,6-9H2,1-3H3. The number of carbonyl (C=O) groups is 1. The SMILES string of the molecule is COC(=O)N1CCC(c2noc(-c3ccc4c(C)nn(C)c4c3)n2)CC1. The number of likely N-dealkylation sites (tertiary alicyclic amines) is 1. The van der Waals surface area contributed by atoms with Crippen molar-refractivity contribution in [2.75, 3.05) is 20.2 Å². The van der Waals surface area contributed by atoms with Gasteiger partial charge in [-0.15, -0.1) is 0 Å². The second-order valence-electron chi connectivity index (χ2n) is 6.63. The van der Waals surface area contributed by atoms with Gasteiger partial charge in [0.25, 0.3) is 5.89 Å². The highest BCUT2D eigenvalue weighted by atomic mass is 16.5. The quantitative estimate of drug-likeness (QED) is 0.702. The van der Waals surface area contributed by atoms with Crippen molar-refractivity contribution in [1.29, 1.82) is 0 Å². The largest absolute Gasteiger partial charge is 0.453 e. The Hall–Kier alpha value is -2.90. The van der Waals surface area contributed by atoms with Crippen LogP contribution in [-0.2, 0) is 11.8 Å². The predicted molar refractivity (Wildman–Crippen MR) is 94.7 cm³/mol. The molecule has 0 unspecified atom stereocenters. The predicted octanol–water partition coefficient (Wildman–Crippen LogP) is 2.88. The number of amides is 1. The maximum atomic E-state index is 11.6. The maximum Gasteiger partial charge on any atom is 0.409 e. The average Bonchev–Trinajstić information content (AvgIpc) is 3.26. The van der Waals surface area contributed by atoms with Crippen LogP contribution < -0.4 is 0 Å². The summed E-state index contributed by atoms with van der Waals surface area (Å²) in [5.41, 5.74) is 2.91. The normalized spacial score (nSPS) is 15.6. The van der Waals surface area contributed by atoms with Crippen LogP contribution in [0.15, 0.2) is 22.7 Å². The van der Waals surface area contributed by atoms with Gasteiger partial charge in [-0.3, -0.25) is 4.68 Å². The summed E-state index contributed by atoms with van der Waals surface area (Å²) in [6, 6.07) is 6.03. The number of ether oxygens (including phenoxy) is 1. The van der Waals surface area contributed by atoms with Gasteiger partial charge in [-0.1, -0.05) is 11.2 Å². The van der Waals surface area contributed by atoms with Crippen molar-refractivity contribution < 1.29 is 14.1 Å². The smallest absolute Gasteiger partial charge is 0.409 e. The third kappa shape index (κ3) is 2.81. The van der Waals surface area contributed by atoms with Crippen molar-refractivity contribution in [3.63, 3.8) is 0 Å². The van der Waals surface area contributed by atoms with E-state index < -0.39 is 0 Å².